The largest absolute Gasteiger partial charge is 0.493 e. The van der Waals surface area contributed by atoms with Crippen LogP contribution in [0.4, 0.5) is 0 Å². The van der Waals surface area contributed by atoms with Crippen LogP contribution >= 0.6 is 11.6 Å². The molecular formula is C24H36ClNO4. The van der Waals surface area contributed by atoms with Crippen LogP contribution < -0.4 is 0 Å². The maximum Gasteiger partial charge on any atom is 0.160 e. The normalized spacial score (nSPS) is 12.4. The topological polar surface area (TPSA) is 59.0 Å². The van der Waals surface area contributed by atoms with Gasteiger partial charge in [-0.25, -0.2) is 0 Å². The maximum atomic E-state index is 11.6. The standard InChI is InChI=1S/C22H30ClNO4.C2H6/c1-16-6-8-19(14-21(16)23)20(15-26)10-11-24(4)17(2)7-9-22(27-5)18(3)28-13-12-25;1-2/h6-9,14-15,20,25H,3,10-13H2,1-2,4-5H3;1-2H3/b17-7+,22-9+;. The van der Waals surface area contributed by atoms with Gasteiger partial charge in [0, 0.05) is 30.2 Å². The van der Waals surface area contributed by atoms with Crippen molar-refractivity contribution in [2.75, 3.05) is 33.9 Å². The quantitative estimate of drug-likeness (QED) is 0.275. The molecule has 5 nitrogen and oxygen atoms in total. The van der Waals surface area contributed by atoms with E-state index in [2.05, 4.69) is 11.5 Å². The lowest BCUT2D eigenvalue weighted by molar-refractivity contribution is -0.109. The summed E-state index contributed by atoms with van der Waals surface area (Å²) in [6, 6.07) is 5.75. The zero-order chi connectivity index (χ0) is 23.1. The molecule has 0 aliphatic rings. The molecule has 1 rings (SSSR count). The van der Waals surface area contributed by atoms with Gasteiger partial charge in [0.15, 0.2) is 11.5 Å². The average molecular weight is 438 g/mol. The summed E-state index contributed by atoms with van der Waals surface area (Å²) in [6.45, 7) is 12.5. The molecule has 0 fully saturated rings. The second-order valence-corrected chi connectivity index (χ2v) is 6.91. The van der Waals surface area contributed by atoms with Crippen LogP contribution in [0.1, 0.15) is 44.2 Å². The van der Waals surface area contributed by atoms with Crippen LogP contribution in [0.5, 0.6) is 0 Å². The number of aldehydes is 1. The number of benzene rings is 1. The minimum atomic E-state index is -0.204. The van der Waals surface area contributed by atoms with E-state index in [-0.39, 0.29) is 19.1 Å². The number of carbonyl (C=O) groups is 1. The average Bonchev–Trinajstić information content (AvgIpc) is 2.76. The van der Waals surface area contributed by atoms with Gasteiger partial charge in [0.25, 0.3) is 0 Å². The molecule has 0 amide bonds. The molecule has 0 radical (unpaired) electrons. The van der Waals surface area contributed by atoms with Crippen LogP contribution in [0, 0.1) is 6.92 Å². The summed E-state index contributed by atoms with van der Waals surface area (Å²) in [4.78, 5) is 13.6. The number of hydrogen-bond donors (Lipinski definition) is 1. The Bertz CT molecular complexity index is 728. The predicted molar refractivity (Wildman–Crippen MR) is 125 cm³/mol. The van der Waals surface area contributed by atoms with E-state index < -0.39 is 0 Å². The number of carbonyl (C=O) groups excluding carboxylic acids is 1. The molecule has 0 aromatic heterocycles. The summed E-state index contributed by atoms with van der Waals surface area (Å²) in [5.41, 5.74) is 2.92. The highest BCUT2D eigenvalue weighted by atomic mass is 35.5. The SMILES string of the molecule is C=C(OCCO)/C(=C\C=C(/C)N(C)CCC(C=O)c1ccc(C)c(Cl)c1)OC.CC. The molecule has 0 heterocycles. The lowest BCUT2D eigenvalue weighted by Crippen LogP contribution is -2.20. The van der Waals surface area contributed by atoms with Crippen molar-refractivity contribution in [3.8, 4) is 0 Å². The van der Waals surface area contributed by atoms with Crippen molar-refractivity contribution < 1.29 is 19.4 Å². The zero-order valence-corrected chi connectivity index (χ0v) is 19.8. The minimum Gasteiger partial charge on any atom is -0.493 e. The van der Waals surface area contributed by atoms with Crippen molar-refractivity contribution in [2.24, 2.45) is 0 Å². The van der Waals surface area contributed by atoms with Gasteiger partial charge in [-0.3, -0.25) is 0 Å². The Morgan fingerprint density at radius 3 is 2.53 bits per heavy atom. The number of allylic oxidation sites excluding steroid dienone is 3. The summed E-state index contributed by atoms with van der Waals surface area (Å²) < 4.78 is 10.5. The summed E-state index contributed by atoms with van der Waals surface area (Å²) in [6.07, 6.45) is 5.31. The van der Waals surface area contributed by atoms with Crippen LogP contribution in [-0.4, -0.2) is 50.2 Å². The number of aryl methyl sites for hydroxylation is 1. The molecule has 1 aromatic carbocycles. The molecule has 0 bridgehead atoms. The van der Waals surface area contributed by atoms with Crippen molar-refractivity contribution in [1.82, 2.24) is 4.90 Å². The summed E-state index contributed by atoms with van der Waals surface area (Å²) in [5, 5.41) is 9.49. The highest BCUT2D eigenvalue weighted by molar-refractivity contribution is 6.31. The first-order valence-corrected chi connectivity index (χ1v) is 10.5. The fourth-order valence-electron chi connectivity index (χ4n) is 2.50. The van der Waals surface area contributed by atoms with Gasteiger partial charge in [-0.2, -0.15) is 0 Å². The first-order valence-electron chi connectivity index (χ1n) is 10.1. The fourth-order valence-corrected chi connectivity index (χ4v) is 2.69. The van der Waals surface area contributed by atoms with Gasteiger partial charge < -0.3 is 24.3 Å². The van der Waals surface area contributed by atoms with Gasteiger partial charge in [0.1, 0.15) is 12.9 Å². The highest BCUT2D eigenvalue weighted by Crippen LogP contribution is 2.24. The third-order valence-corrected chi connectivity index (χ3v) is 4.91. The lowest BCUT2D eigenvalue weighted by atomic mass is 9.96. The van der Waals surface area contributed by atoms with Gasteiger partial charge >= 0.3 is 0 Å². The van der Waals surface area contributed by atoms with Gasteiger partial charge in [-0.05, 0) is 49.6 Å². The Balaban J connectivity index is 0.00000407. The van der Waals surface area contributed by atoms with E-state index in [9.17, 15) is 4.79 Å². The number of aliphatic hydroxyl groups excluding tert-OH is 1. The molecule has 1 unspecified atom stereocenters. The molecule has 6 heteroatoms. The number of rotatable bonds is 12. The molecule has 0 saturated heterocycles. The fraction of sp³-hybridized carbons (Fsp3) is 0.458. The third kappa shape index (κ3) is 9.51. The monoisotopic (exact) mass is 437 g/mol. The molecule has 30 heavy (non-hydrogen) atoms. The predicted octanol–water partition coefficient (Wildman–Crippen LogP) is 5.24. The summed E-state index contributed by atoms with van der Waals surface area (Å²) in [5.74, 6) is 0.645. The highest BCUT2D eigenvalue weighted by Gasteiger charge is 2.13. The van der Waals surface area contributed by atoms with Crippen molar-refractivity contribution in [2.45, 2.75) is 40.0 Å². The Labute approximate surface area is 186 Å². The molecule has 168 valence electrons. The number of hydrogen-bond acceptors (Lipinski definition) is 5. The number of ether oxygens (including phenoxy) is 2. The Morgan fingerprint density at radius 2 is 2.00 bits per heavy atom. The summed E-state index contributed by atoms with van der Waals surface area (Å²) >= 11 is 6.18. The van der Waals surface area contributed by atoms with E-state index in [0.29, 0.717) is 29.5 Å². The Morgan fingerprint density at radius 1 is 1.33 bits per heavy atom. The van der Waals surface area contributed by atoms with Crippen LogP contribution in [0.3, 0.4) is 0 Å². The number of halogens is 1. The van der Waals surface area contributed by atoms with Crippen molar-refractivity contribution in [3.63, 3.8) is 0 Å². The lowest BCUT2D eigenvalue weighted by Gasteiger charge is -2.22. The molecule has 0 saturated carbocycles. The van der Waals surface area contributed by atoms with E-state index in [1.165, 1.54) is 7.11 Å². The maximum absolute atomic E-state index is 11.6. The van der Waals surface area contributed by atoms with E-state index in [1.54, 1.807) is 6.08 Å². The second-order valence-electron chi connectivity index (χ2n) is 6.50. The van der Waals surface area contributed by atoms with Gasteiger partial charge in [-0.1, -0.05) is 44.2 Å². The minimum absolute atomic E-state index is 0.0856. The second kappa shape index (κ2) is 15.6. The van der Waals surface area contributed by atoms with Gasteiger partial charge in [-0.15, -0.1) is 0 Å². The summed E-state index contributed by atoms with van der Waals surface area (Å²) in [7, 11) is 3.50. The van der Waals surface area contributed by atoms with Crippen molar-refractivity contribution in [3.05, 3.63) is 70.3 Å². The molecular weight excluding hydrogens is 402 g/mol. The first-order chi connectivity index (χ1) is 14.3. The number of nitrogens with zero attached hydrogens (tertiary/aromatic N) is 1. The Hall–Kier alpha value is -2.24. The number of aliphatic hydroxyl groups is 1. The van der Waals surface area contributed by atoms with Crippen LogP contribution in [0.15, 0.2) is 54.1 Å². The molecule has 1 atom stereocenters. The molecule has 0 spiro atoms. The zero-order valence-electron chi connectivity index (χ0n) is 19.1. The van der Waals surface area contributed by atoms with Crippen LogP contribution in [0.25, 0.3) is 0 Å². The molecule has 0 aliphatic carbocycles. The molecule has 1 N–H and O–H groups in total. The smallest absolute Gasteiger partial charge is 0.160 e. The number of methoxy groups -OCH3 is 1. The van der Waals surface area contributed by atoms with E-state index in [1.807, 2.05) is 59.0 Å². The molecule has 0 aliphatic heterocycles. The van der Waals surface area contributed by atoms with Crippen molar-refractivity contribution in [1.29, 1.82) is 0 Å². The Kier molecular flexibility index (Phi) is 14.4. The van der Waals surface area contributed by atoms with E-state index in [4.69, 9.17) is 26.2 Å². The van der Waals surface area contributed by atoms with Crippen molar-refractivity contribution >= 4 is 17.9 Å². The van der Waals surface area contributed by atoms with Crippen LogP contribution in [0.2, 0.25) is 5.02 Å². The van der Waals surface area contributed by atoms with Crippen LogP contribution in [-0.2, 0) is 14.3 Å². The third-order valence-electron chi connectivity index (χ3n) is 4.50. The molecule has 1 aromatic rings. The van der Waals surface area contributed by atoms with Gasteiger partial charge in [0.05, 0.1) is 13.7 Å². The first kappa shape index (κ1) is 27.8. The van der Waals surface area contributed by atoms with E-state index in [0.717, 1.165) is 23.1 Å². The van der Waals surface area contributed by atoms with Gasteiger partial charge in [0.2, 0.25) is 0 Å². The van der Waals surface area contributed by atoms with E-state index >= 15 is 0 Å².